The zero-order chi connectivity index (χ0) is 12.8. The Kier molecular flexibility index (Phi) is 4.41. The van der Waals surface area contributed by atoms with E-state index in [2.05, 4.69) is 10.3 Å². The quantitative estimate of drug-likeness (QED) is 0.523. The normalized spacial score (nSPS) is 11.8. The average molecular weight is 240 g/mol. The molecule has 4 N–H and O–H groups in total. The first-order valence-corrected chi connectivity index (χ1v) is 4.88. The standard InChI is InChI=1S/C10H12N2O5/c13-5-3-7(10(16)17)12-9(15)6-2-1-4-11-8(6)14/h1-2,4,7,13H,3,5H2,(H,11,14)(H,12,15)(H,16,17)/t7-/m0/s1. The Morgan fingerprint density at radius 2 is 2.18 bits per heavy atom. The Hall–Kier alpha value is -2.15. The molecule has 7 nitrogen and oxygen atoms in total. The van der Waals surface area contributed by atoms with Gasteiger partial charge in [-0.15, -0.1) is 0 Å². The second kappa shape index (κ2) is 5.80. The molecule has 1 amide bonds. The van der Waals surface area contributed by atoms with Crippen molar-refractivity contribution in [2.75, 3.05) is 6.61 Å². The molecule has 0 aliphatic heterocycles. The van der Waals surface area contributed by atoms with E-state index in [9.17, 15) is 14.4 Å². The van der Waals surface area contributed by atoms with E-state index in [0.29, 0.717) is 0 Å². The third kappa shape index (κ3) is 3.42. The van der Waals surface area contributed by atoms with Gasteiger partial charge in [-0.2, -0.15) is 0 Å². The van der Waals surface area contributed by atoms with Crippen LogP contribution in [0.1, 0.15) is 16.8 Å². The van der Waals surface area contributed by atoms with Crippen molar-refractivity contribution in [3.8, 4) is 0 Å². The number of carboxylic acids is 1. The molecular weight excluding hydrogens is 228 g/mol. The topological polar surface area (TPSA) is 119 Å². The van der Waals surface area contributed by atoms with E-state index in [4.69, 9.17) is 10.2 Å². The summed E-state index contributed by atoms with van der Waals surface area (Å²) < 4.78 is 0. The van der Waals surface area contributed by atoms with Gasteiger partial charge in [0, 0.05) is 19.2 Å². The lowest BCUT2D eigenvalue weighted by Crippen LogP contribution is -2.42. The molecule has 92 valence electrons. The first-order valence-electron chi connectivity index (χ1n) is 4.88. The Morgan fingerprint density at radius 3 is 2.71 bits per heavy atom. The van der Waals surface area contributed by atoms with Gasteiger partial charge in [0.1, 0.15) is 11.6 Å². The van der Waals surface area contributed by atoms with E-state index in [0.717, 1.165) is 0 Å². The van der Waals surface area contributed by atoms with Crippen molar-refractivity contribution in [3.63, 3.8) is 0 Å². The van der Waals surface area contributed by atoms with Crippen molar-refractivity contribution in [3.05, 3.63) is 34.2 Å². The Balaban J connectivity index is 2.81. The number of carboxylic acid groups (broad SMARTS) is 1. The molecule has 0 radical (unpaired) electrons. The predicted molar refractivity (Wildman–Crippen MR) is 57.7 cm³/mol. The fourth-order valence-corrected chi connectivity index (χ4v) is 1.22. The van der Waals surface area contributed by atoms with Crippen LogP contribution in [0.2, 0.25) is 0 Å². The summed E-state index contributed by atoms with van der Waals surface area (Å²) in [5, 5.41) is 19.6. The lowest BCUT2D eigenvalue weighted by Gasteiger charge is -2.12. The number of aliphatic carboxylic acids is 1. The monoisotopic (exact) mass is 240 g/mol. The molecule has 1 heterocycles. The van der Waals surface area contributed by atoms with Gasteiger partial charge in [-0.1, -0.05) is 0 Å². The maximum Gasteiger partial charge on any atom is 0.326 e. The smallest absolute Gasteiger partial charge is 0.326 e. The number of carbonyl (C=O) groups excluding carboxylic acids is 1. The molecule has 7 heteroatoms. The molecule has 17 heavy (non-hydrogen) atoms. The Bertz CT molecular complexity index is 468. The van der Waals surface area contributed by atoms with Gasteiger partial charge < -0.3 is 20.5 Å². The van der Waals surface area contributed by atoms with Crippen LogP contribution in [0.5, 0.6) is 0 Å². The van der Waals surface area contributed by atoms with Gasteiger partial charge in [-0.05, 0) is 12.1 Å². The Labute approximate surface area is 96.1 Å². The predicted octanol–water partition coefficient (Wildman–Crippen LogP) is -1.06. The van der Waals surface area contributed by atoms with Gasteiger partial charge in [-0.25, -0.2) is 4.79 Å². The van der Waals surface area contributed by atoms with Crippen molar-refractivity contribution in [1.29, 1.82) is 0 Å². The first kappa shape index (κ1) is 12.9. The number of hydrogen-bond donors (Lipinski definition) is 4. The van der Waals surface area contributed by atoms with Crippen LogP contribution < -0.4 is 10.9 Å². The zero-order valence-corrected chi connectivity index (χ0v) is 8.84. The minimum Gasteiger partial charge on any atom is -0.480 e. The van der Waals surface area contributed by atoms with E-state index in [-0.39, 0.29) is 18.6 Å². The van der Waals surface area contributed by atoms with Gasteiger partial charge >= 0.3 is 5.97 Å². The summed E-state index contributed by atoms with van der Waals surface area (Å²) in [5.41, 5.74) is -0.769. The third-order valence-electron chi connectivity index (χ3n) is 2.08. The molecule has 0 aromatic carbocycles. The molecule has 1 aromatic heterocycles. The van der Waals surface area contributed by atoms with Crippen molar-refractivity contribution in [2.24, 2.45) is 0 Å². The van der Waals surface area contributed by atoms with Crippen LogP contribution in [-0.2, 0) is 4.79 Å². The van der Waals surface area contributed by atoms with Crippen LogP contribution in [0.3, 0.4) is 0 Å². The lowest BCUT2D eigenvalue weighted by atomic mass is 10.2. The maximum absolute atomic E-state index is 11.6. The number of amides is 1. The number of aromatic amines is 1. The van der Waals surface area contributed by atoms with Crippen molar-refractivity contribution in [2.45, 2.75) is 12.5 Å². The highest BCUT2D eigenvalue weighted by Gasteiger charge is 2.21. The number of pyridine rings is 1. The average Bonchev–Trinajstić information content (AvgIpc) is 2.28. The van der Waals surface area contributed by atoms with E-state index < -0.39 is 23.5 Å². The number of rotatable bonds is 5. The highest BCUT2D eigenvalue weighted by atomic mass is 16.4. The van der Waals surface area contributed by atoms with Gasteiger partial charge in [0.05, 0.1) is 0 Å². The van der Waals surface area contributed by atoms with E-state index in [1.807, 2.05) is 0 Å². The summed E-state index contributed by atoms with van der Waals surface area (Å²) in [5.74, 6) is -2.05. The number of aliphatic hydroxyl groups is 1. The molecule has 0 bridgehead atoms. The fourth-order valence-electron chi connectivity index (χ4n) is 1.22. The molecule has 1 aromatic rings. The molecule has 0 saturated carbocycles. The number of hydrogen-bond acceptors (Lipinski definition) is 4. The first-order chi connectivity index (χ1) is 8.06. The van der Waals surface area contributed by atoms with Crippen LogP contribution in [0, 0.1) is 0 Å². The minimum absolute atomic E-state index is 0.119. The fraction of sp³-hybridized carbons (Fsp3) is 0.300. The van der Waals surface area contributed by atoms with Gasteiger partial charge in [0.2, 0.25) is 0 Å². The van der Waals surface area contributed by atoms with E-state index in [1.165, 1.54) is 18.3 Å². The van der Waals surface area contributed by atoms with Crippen LogP contribution in [0.25, 0.3) is 0 Å². The van der Waals surface area contributed by atoms with Crippen LogP contribution in [-0.4, -0.2) is 39.7 Å². The molecule has 0 fully saturated rings. The third-order valence-corrected chi connectivity index (χ3v) is 2.08. The van der Waals surface area contributed by atoms with E-state index >= 15 is 0 Å². The number of nitrogens with one attached hydrogen (secondary N) is 2. The van der Waals surface area contributed by atoms with Crippen LogP contribution in [0.4, 0.5) is 0 Å². The van der Waals surface area contributed by atoms with Crippen LogP contribution in [0.15, 0.2) is 23.1 Å². The van der Waals surface area contributed by atoms with Crippen molar-refractivity contribution in [1.82, 2.24) is 10.3 Å². The van der Waals surface area contributed by atoms with Crippen molar-refractivity contribution >= 4 is 11.9 Å². The summed E-state index contributed by atoms with van der Waals surface area (Å²) >= 11 is 0. The minimum atomic E-state index is -1.26. The number of aliphatic hydroxyl groups excluding tert-OH is 1. The summed E-state index contributed by atoms with van der Waals surface area (Å²) in [6.07, 6.45) is 1.24. The highest BCUT2D eigenvalue weighted by molar-refractivity contribution is 5.96. The SMILES string of the molecule is O=C(N[C@@H](CCO)C(=O)O)c1ccc[nH]c1=O. The summed E-state index contributed by atoms with van der Waals surface area (Å²) in [6, 6.07) is 1.52. The van der Waals surface area contributed by atoms with Crippen LogP contribution >= 0.6 is 0 Å². The van der Waals surface area contributed by atoms with Gasteiger partial charge in [0.25, 0.3) is 11.5 Å². The second-order valence-electron chi connectivity index (χ2n) is 3.29. The van der Waals surface area contributed by atoms with Gasteiger partial charge in [0.15, 0.2) is 0 Å². The molecule has 0 aliphatic rings. The van der Waals surface area contributed by atoms with Crippen molar-refractivity contribution < 1.29 is 19.8 Å². The second-order valence-corrected chi connectivity index (χ2v) is 3.29. The Morgan fingerprint density at radius 1 is 1.47 bits per heavy atom. The lowest BCUT2D eigenvalue weighted by molar-refractivity contribution is -0.139. The number of H-pyrrole nitrogens is 1. The highest BCUT2D eigenvalue weighted by Crippen LogP contribution is 1.95. The molecular formula is C10H12N2O5. The molecule has 0 aliphatic carbocycles. The van der Waals surface area contributed by atoms with Gasteiger partial charge in [-0.3, -0.25) is 9.59 Å². The zero-order valence-electron chi connectivity index (χ0n) is 8.84. The molecule has 0 unspecified atom stereocenters. The summed E-state index contributed by atoms with van der Waals surface area (Å²) in [4.78, 5) is 35.9. The molecule has 1 rings (SSSR count). The largest absolute Gasteiger partial charge is 0.480 e. The number of aromatic nitrogens is 1. The summed E-state index contributed by atoms with van der Waals surface area (Å²) in [7, 11) is 0. The molecule has 1 atom stereocenters. The molecule has 0 spiro atoms. The maximum atomic E-state index is 11.6. The molecule has 0 saturated heterocycles. The number of carbonyl (C=O) groups is 2. The van der Waals surface area contributed by atoms with E-state index in [1.54, 1.807) is 0 Å². The summed E-state index contributed by atoms with van der Waals surface area (Å²) in [6.45, 7) is -0.373.